The number of amides is 1. The SMILES string of the molecule is C[C@H]1CCCC[C@H]1NC(=O)COC(=O)Cc1ccc2c(c1)OCCO2. The smallest absolute Gasteiger partial charge is 0.310 e. The number of hydrogen-bond acceptors (Lipinski definition) is 5. The third-order valence-corrected chi connectivity index (χ3v) is 4.78. The molecule has 0 saturated heterocycles. The Hall–Kier alpha value is -2.24. The minimum Gasteiger partial charge on any atom is -0.486 e. The third-order valence-electron chi connectivity index (χ3n) is 4.78. The van der Waals surface area contributed by atoms with Crippen molar-refractivity contribution in [2.45, 2.75) is 45.1 Å². The fourth-order valence-corrected chi connectivity index (χ4v) is 3.34. The lowest BCUT2D eigenvalue weighted by Crippen LogP contribution is -2.42. The minimum atomic E-state index is -0.427. The maximum Gasteiger partial charge on any atom is 0.310 e. The van der Waals surface area contributed by atoms with Crippen molar-refractivity contribution in [3.63, 3.8) is 0 Å². The van der Waals surface area contributed by atoms with E-state index in [4.69, 9.17) is 14.2 Å². The fourth-order valence-electron chi connectivity index (χ4n) is 3.34. The van der Waals surface area contributed by atoms with E-state index in [1.165, 1.54) is 6.42 Å². The predicted molar refractivity (Wildman–Crippen MR) is 91.7 cm³/mol. The molecular weight excluding hydrogens is 322 g/mol. The predicted octanol–water partition coefficient (Wildman–Crippen LogP) is 2.24. The van der Waals surface area contributed by atoms with Gasteiger partial charge in [-0.15, -0.1) is 0 Å². The van der Waals surface area contributed by atoms with Gasteiger partial charge in [-0.25, -0.2) is 0 Å². The van der Waals surface area contributed by atoms with Crippen molar-refractivity contribution in [1.82, 2.24) is 5.32 Å². The summed E-state index contributed by atoms with van der Waals surface area (Å²) >= 11 is 0. The Morgan fingerprint density at radius 1 is 1.16 bits per heavy atom. The molecule has 1 N–H and O–H groups in total. The number of ether oxygens (including phenoxy) is 3. The van der Waals surface area contributed by atoms with Crippen LogP contribution in [0.4, 0.5) is 0 Å². The van der Waals surface area contributed by atoms with E-state index in [2.05, 4.69) is 12.2 Å². The molecule has 0 spiro atoms. The number of carbonyl (C=O) groups is 2. The summed E-state index contributed by atoms with van der Waals surface area (Å²) in [5.74, 6) is 1.15. The van der Waals surface area contributed by atoms with Gasteiger partial charge in [-0.2, -0.15) is 0 Å². The quantitative estimate of drug-likeness (QED) is 0.827. The lowest BCUT2D eigenvalue weighted by atomic mass is 9.86. The van der Waals surface area contributed by atoms with Crippen LogP contribution in [-0.2, 0) is 20.7 Å². The summed E-state index contributed by atoms with van der Waals surface area (Å²) in [5.41, 5.74) is 0.774. The van der Waals surface area contributed by atoms with Crippen LogP contribution in [0.2, 0.25) is 0 Å². The normalized spacial score (nSPS) is 22.1. The van der Waals surface area contributed by atoms with Crippen molar-refractivity contribution in [3.05, 3.63) is 23.8 Å². The maximum absolute atomic E-state index is 12.0. The molecule has 0 unspecified atom stereocenters. The Bertz CT molecular complexity index is 630. The second-order valence-corrected chi connectivity index (χ2v) is 6.75. The van der Waals surface area contributed by atoms with Gasteiger partial charge in [-0.1, -0.05) is 25.8 Å². The number of fused-ring (bicyclic) bond motifs is 1. The van der Waals surface area contributed by atoms with Gasteiger partial charge in [0.05, 0.1) is 6.42 Å². The Morgan fingerprint density at radius 3 is 2.72 bits per heavy atom. The highest BCUT2D eigenvalue weighted by Crippen LogP contribution is 2.30. The number of benzene rings is 1. The molecule has 6 heteroatoms. The molecule has 2 atom stereocenters. The molecule has 0 bridgehead atoms. The lowest BCUT2D eigenvalue weighted by Gasteiger charge is -2.29. The number of hydrogen-bond donors (Lipinski definition) is 1. The average Bonchev–Trinajstić information content (AvgIpc) is 2.62. The van der Waals surface area contributed by atoms with Crippen LogP contribution in [0.15, 0.2) is 18.2 Å². The standard InChI is InChI=1S/C19H25NO5/c1-13-4-2-3-5-15(13)20-18(21)12-25-19(22)11-14-6-7-16-17(10-14)24-9-8-23-16/h6-7,10,13,15H,2-5,8-9,11-12H2,1H3,(H,20,21)/t13-,15+/m0/s1. The van der Waals surface area contributed by atoms with Gasteiger partial charge in [-0.3, -0.25) is 9.59 Å². The van der Waals surface area contributed by atoms with Crippen LogP contribution < -0.4 is 14.8 Å². The Balaban J connectivity index is 1.44. The highest BCUT2D eigenvalue weighted by Gasteiger charge is 2.23. The first-order valence-corrected chi connectivity index (χ1v) is 8.95. The van der Waals surface area contributed by atoms with E-state index in [0.717, 1.165) is 24.8 Å². The molecule has 1 fully saturated rings. The molecule has 1 aromatic rings. The summed E-state index contributed by atoms with van der Waals surface area (Å²) in [4.78, 5) is 23.9. The van der Waals surface area contributed by atoms with Gasteiger partial charge >= 0.3 is 5.97 Å². The molecule has 1 heterocycles. The van der Waals surface area contributed by atoms with Gasteiger partial charge in [0.15, 0.2) is 18.1 Å². The van der Waals surface area contributed by atoms with Crippen LogP contribution in [0.1, 0.15) is 38.2 Å². The molecule has 25 heavy (non-hydrogen) atoms. The van der Waals surface area contributed by atoms with E-state index in [-0.39, 0.29) is 25.0 Å². The number of rotatable bonds is 5. The zero-order chi connectivity index (χ0) is 17.6. The average molecular weight is 347 g/mol. The highest BCUT2D eigenvalue weighted by molar-refractivity contribution is 5.81. The monoisotopic (exact) mass is 347 g/mol. The van der Waals surface area contributed by atoms with E-state index < -0.39 is 5.97 Å². The van der Waals surface area contributed by atoms with Crippen molar-refractivity contribution in [1.29, 1.82) is 0 Å². The summed E-state index contributed by atoms with van der Waals surface area (Å²) in [6, 6.07) is 5.56. The molecule has 136 valence electrons. The van der Waals surface area contributed by atoms with E-state index in [0.29, 0.717) is 30.6 Å². The molecule has 3 rings (SSSR count). The van der Waals surface area contributed by atoms with Gasteiger partial charge in [0.25, 0.3) is 5.91 Å². The molecule has 0 aromatic heterocycles. The number of carbonyl (C=O) groups excluding carboxylic acids is 2. The molecule has 1 aliphatic carbocycles. The second kappa shape index (κ2) is 8.23. The molecular formula is C19H25NO5. The molecule has 6 nitrogen and oxygen atoms in total. The lowest BCUT2D eigenvalue weighted by molar-refractivity contribution is -0.148. The molecule has 1 amide bonds. The van der Waals surface area contributed by atoms with Gasteiger partial charge in [0, 0.05) is 6.04 Å². The van der Waals surface area contributed by atoms with Crippen molar-refractivity contribution < 1.29 is 23.8 Å². The van der Waals surface area contributed by atoms with Crippen LogP contribution in [-0.4, -0.2) is 37.7 Å². The van der Waals surface area contributed by atoms with Crippen molar-refractivity contribution in [3.8, 4) is 11.5 Å². The van der Waals surface area contributed by atoms with Crippen LogP contribution in [0.3, 0.4) is 0 Å². The summed E-state index contributed by atoms with van der Waals surface area (Å²) in [6.07, 6.45) is 4.59. The molecule has 1 aromatic carbocycles. The van der Waals surface area contributed by atoms with Crippen molar-refractivity contribution in [2.75, 3.05) is 19.8 Å². The topological polar surface area (TPSA) is 73.9 Å². The van der Waals surface area contributed by atoms with Crippen molar-refractivity contribution >= 4 is 11.9 Å². The largest absolute Gasteiger partial charge is 0.486 e. The highest BCUT2D eigenvalue weighted by atomic mass is 16.6. The first kappa shape index (κ1) is 17.6. The van der Waals surface area contributed by atoms with E-state index in [1.54, 1.807) is 18.2 Å². The van der Waals surface area contributed by atoms with E-state index in [9.17, 15) is 9.59 Å². The van der Waals surface area contributed by atoms with Crippen LogP contribution in [0.25, 0.3) is 0 Å². The molecule has 2 aliphatic rings. The molecule has 0 radical (unpaired) electrons. The fraction of sp³-hybridized carbons (Fsp3) is 0.579. The maximum atomic E-state index is 12.0. The zero-order valence-corrected chi connectivity index (χ0v) is 14.6. The Morgan fingerprint density at radius 2 is 1.92 bits per heavy atom. The van der Waals surface area contributed by atoms with Crippen LogP contribution >= 0.6 is 0 Å². The van der Waals surface area contributed by atoms with Gasteiger partial charge in [0.1, 0.15) is 13.2 Å². The Kier molecular flexibility index (Phi) is 5.79. The zero-order valence-electron chi connectivity index (χ0n) is 14.6. The summed E-state index contributed by atoms with van der Waals surface area (Å²) in [6.45, 7) is 2.95. The first-order valence-electron chi connectivity index (χ1n) is 8.95. The first-order chi connectivity index (χ1) is 12.1. The van der Waals surface area contributed by atoms with E-state index >= 15 is 0 Å². The number of esters is 1. The van der Waals surface area contributed by atoms with Gasteiger partial charge < -0.3 is 19.5 Å². The van der Waals surface area contributed by atoms with Gasteiger partial charge in [-0.05, 0) is 36.5 Å². The van der Waals surface area contributed by atoms with Crippen molar-refractivity contribution in [2.24, 2.45) is 5.92 Å². The van der Waals surface area contributed by atoms with Crippen LogP contribution in [0.5, 0.6) is 11.5 Å². The third kappa shape index (κ3) is 4.87. The molecule has 1 saturated carbocycles. The summed E-state index contributed by atoms with van der Waals surface area (Å²) in [7, 11) is 0. The van der Waals surface area contributed by atoms with Gasteiger partial charge in [0.2, 0.25) is 0 Å². The summed E-state index contributed by atoms with van der Waals surface area (Å²) < 4.78 is 16.1. The van der Waals surface area contributed by atoms with E-state index in [1.807, 2.05) is 0 Å². The minimum absolute atomic E-state index is 0.101. The summed E-state index contributed by atoms with van der Waals surface area (Å²) in [5, 5.41) is 2.98. The number of nitrogens with one attached hydrogen (secondary N) is 1. The Labute approximate surface area is 147 Å². The van der Waals surface area contributed by atoms with Crippen LogP contribution in [0, 0.1) is 5.92 Å². The second-order valence-electron chi connectivity index (χ2n) is 6.75. The molecule has 1 aliphatic heterocycles.